The fraction of sp³-hybridized carbons (Fsp3) is 0.167. The van der Waals surface area contributed by atoms with Crippen molar-refractivity contribution in [2.75, 3.05) is 11.5 Å². The summed E-state index contributed by atoms with van der Waals surface area (Å²) in [4.78, 5) is 3.78. The van der Waals surface area contributed by atoms with Crippen molar-refractivity contribution in [2.45, 2.75) is 5.88 Å². The summed E-state index contributed by atoms with van der Waals surface area (Å²) in [6.07, 6.45) is 0. The Balaban J connectivity index is 3.06. The minimum Gasteiger partial charge on any atom is -0.384 e. The van der Waals surface area contributed by atoms with Crippen LogP contribution in [0.5, 0.6) is 0 Å². The summed E-state index contributed by atoms with van der Waals surface area (Å²) < 4.78 is 0. The zero-order chi connectivity index (χ0) is 7.56. The molecule has 0 aliphatic carbocycles. The monoisotopic (exact) mass is 157 g/mol. The number of pyridine rings is 1. The lowest BCUT2D eigenvalue weighted by Gasteiger charge is -1.98. The molecule has 0 aliphatic rings. The minimum atomic E-state index is 0.413. The SMILES string of the molecule is Nc1cc(CCl)cc(N)n1. The van der Waals surface area contributed by atoms with E-state index in [0.717, 1.165) is 5.56 Å². The Morgan fingerprint density at radius 2 is 1.80 bits per heavy atom. The van der Waals surface area contributed by atoms with Crippen molar-refractivity contribution in [3.8, 4) is 0 Å². The molecule has 0 aromatic carbocycles. The standard InChI is InChI=1S/C6H8ClN3/c7-3-4-1-5(8)10-6(9)2-4/h1-2H,3H2,(H4,8,9,10). The molecule has 0 spiro atoms. The first-order valence-corrected chi connectivity index (χ1v) is 3.33. The molecular weight excluding hydrogens is 150 g/mol. The van der Waals surface area contributed by atoms with Crippen molar-refractivity contribution in [1.29, 1.82) is 0 Å². The van der Waals surface area contributed by atoms with E-state index in [2.05, 4.69) is 4.98 Å². The molecule has 1 rings (SSSR count). The number of nitrogens with two attached hydrogens (primary N) is 2. The van der Waals surface area contributed by atoms with Gasteiger partial charge in [-0.15, -0.1) is 11.6 Å². The molecule has 4 heteroatoms. The Bertz CT molecular complexity index is 216. The average Bonchev–Trinajstić information content (AvgIpc) is 1.85. The lowest BCUT2D eigenvalue weighted by atomic mass is 10.3. The van der Waals surface area contributed by atoms with Gasteiger partial charge in [0.2, 0.25) is 0 Å². The van der Waals surface area contributed by atoms with E-state index in [9.17, 15) is 0 Å². The van der Waals surface area contributed by atoms with Gasteiger partial charge in [0.15, 0.2) is 0 Å². The van der Waals surface area contributed by atoms with Gasteiger partial charge in [0.05, 0.1) is 0 Å². The molecule has 54 valence electrons. The van der Waals surface area contributed by atoms with Gasteiger partial charge >= 0.3 is 0 Å². The quantitative estimate of drug-likeness (QED) is 0.598. The Morgan fingerprint density at radius 3 is 2.20 bits per heavy atom. The van der Waals surface area contributed by atoms with E-state index in [0.29, 0.717) is 17.5 Å². The second-order valence-corrected chi connectivity index (χ2v) is 2.23. The van der Waals surface area contributed by atoms with Gasteiger partial charge in [-0.2, -0.15) is 0 Å². The molecule has 0 bridgehead atoms. The number of rotatable bonds is 1. The summed E-state index contributed by atoms with van der Waals surface area (Å²) in [7, 11) is 0. The molecule has 1 aromatic rings. The van der Waals surface area contributed by atoms with Gasteiger partial charge in [-0.1, -0.05) is 0 Å². The zero-order valence-electron chi connectivity index (χ0n) is 5.34. The molecule has 1 aromatic heterocycles. The molecular formula is C6H8ClN3. The van der Waals surface area contributed by atoms with Gasteiger partial charge in [0, 0.05) is 5.88 Å². The van der Waals surface area contributed by atoms with Crippen LogP contribution in [0.15, 0.2) is 12.1 Å². The summed E-state index contributed by atoms with van der Waals surface area (Å²) >= 11 is 5.53. The van der Waals surface area contributed by atoms with Crippen LogP contribution in [-0.2, 0) is 5.88 Å². The molecule has 0 saturated carbocycles. The van der Waals surface area contributed by atoms with Crippen LogP contribution in [-0.4, -0.2) is 4.98 Å². The van der Waals surface area contributed by atoms with Crippen LogP contribution in [0.3, 0.4) is 0 Å². The van der Waals surface area contributed by atoms with Crippen LogP contribution in [0, 0.1) is 0 Å². The van der Waals surface area contributed by atoms with E-state index in [1.165, 1.54) is 0 Å². The molecule has 0 radical (unpaired) electrons. The first kappa shape index (κ1) is 7.15. The third-order valence-corrected chi connectivity index (χ3v) is 1.39. The summed E-state index contributed by atoms with van der Waals surface area (Å²) in [5.41, 5.74) is 11.7. The van der Waals surface area contributed by atoms with Crippen LogP contribution in [0.25, 0.3) is 0 Å². The molecule has 10 heavy (non-hydrogen) atoms. The largest absolute Gasteiger partial charge is 0.384 e. The van der Waals surface area contributed by atoms with Crippen molar-refractivity contribution in [3.63, 3.8) is 0 Å². The van der Waals surface area contributed by atoms with E-state index >= 15 is 0 Å². The van der Waals surface area contributed by atoms with E-state index in [1.54, 1.807) is 12.1 Å². The average molecular weight is 158 g/mol. The van der Waals surface area contributed by atoms with E-state index in [4.69, 9.17) is 23.1 Å². The third kappa shape index (κ3) is 1.51. The van der Waals surface area contributed by atoms with Crippen LogP contribution in [0.2, 0.25) is 0 Å². The number of alkyl halides is 1. The normalized spacial score (nSPS) is 9.70. The second kappa shape index (κ2) is 2.75. The number of hydrogen-bond donors (Lipinski definition) is 2. The van der Waals surface area contributed by atoms with Crippen molar-refractivity contribution >= 4 is 23.2 Å². The van der Waals surface area contributed by atoms with Gasteiger partial charge in [0.25, 0.3) is 0 Å². The van der Waals surface area contributed by atoms with Gasteiger partial charge < -0.3 is 11.5 Å². The molecule has 0 amide bonds. The number of hydrogen-bond acceptors (Lipinski definition) is 3. The summed E-state index contributed by atoms with van der Waals surface area (Å²) in [5, 5.41) is 0. The smallest absolute Gasteiger partial charge is 0.126 e. The molecule has 3 nitrogen and oxygen atoms in total. The number of anilines is 2. The van der Waals surface area contributed by atoms with Crippen LogP contribution in [0.4, 0.5) is 11.6 Å². The lowest BCUT2D eigenvalue weighted by Crippen LogP contribution is -1.96. The van der Waals surface area contributed by atoms with Crippen LogP contribution >= 0.6 is 11.6 Å². The Morgan fingerprint density at radius 1 is 1.30 bits per heavy atom. The first-order chi connectivity index (χ1) is 4.72. The number of nitrogens with zero attached hydrogens (tertiary/aromatic N) is 1. The van der Waals surface area contributed by atoms with Crippen molar-refractivity contribution in [1.82, 2.24) is 4.98 Å². The Hall–Kier alpha value is -0.960. The highest BCUT2D eigenvalue weighted by atomic mass is 35.5. The molecule has 1 heterocycles. The third-order valence-electron chi connectivity index (χ3n) is 1.08. The zero-order valence-corrected chi connectivity index (χ0v) is 6.10. The van der Waals surface area contributed by atoms with Gasteiger partial charge in [-0.3, -0.25) is 0 Å². The highest BCUT2D eigenvalue weighted by Crippen LogP contribution is 2.10. The summed E-state index contributed by atoms with van der Waals surface area (Å²) in [6.45, 7) is 0. The van der Waals surface area contributed by atoms with Crippen LogP contribution < -0.4 is 11.5 Å². The predicted octanol–water partition coefficient (Wildman–Crippen LogP) is 0.985. The van der Waals surface area contributed by atoms with Gasteiger partial charge in [-0.25, -0.2) is 4.98 Å². The fourth-order valence-electron chi connectivity index (χ4n) is 0.712. The molecule has 0 fully saturated rings. The maximum atomic E-state index is 5.53. The Kier molecular flexibility index (Phi) is 1.97. The summed E-state index contributed by atoms with van der Waals surface area (Å²) in [6, 6.07) is 3.40. The topological polar surface area (TPSA) is 64.9 Å². The highest BCUT2D eigenvalue weighted by molar-refractivity contribution is 6.17. The number of nitrogen functional groups attached to an aromatic ring is 2. The molecule has 0 aliphatic heterocycles. The van der Waals surface area contributed by atoms with Crippen molar-refractivity contribution < 1.29 is 0 Å². The highest BCUT2D eigenvalue weighted by Gasteiger charge is 1.94. The van der Waals surface area contributed by atoms with Crippen molar-refractivity contribution in [3.05, 3.63) is 17.7 Å². The number of halogens is 1. The number of aromatic nitrogens is 1. The minimum absolute atomic E-state index is 0.413. The maximum Gasteiger partial charge on any atom is 0.126 e. The molecule has 0 atom stereocenters. The summed E-state index contributed by atoms with van der Waals surface area (Å²) in [5.74, 6) is 1.24. The molecule has 0 unspecified atom stereocenters. The second-order valence-electron chi connectivity index (χ2n) is 1.96. The Labute approximate surface area is 64.0 Å². The van der Waals surface area contributed by atoms with Crippen molar-refractivity contribution in [2.24, 2.45) is 0 Å². The molecule has 0 saturated heterocycles. The van der Waals surface area contributed by atoms with E-state index in [1.807, 2.05) is 0 Å². The maximum absolute atomic E-state index is 5.53. The molecule has 4 N–H and O–H groups in total. The lowest BCUT2D eigenvalue weighted by molar-refractivity contribution is 1.28. The van der Waals surface area contributed by atoms with E-state index < -0.39 is 0 Å². The van der Waals surface area contributed by atoms with Gasteiger partial charge in [0.1, 0.15) is 11.6 Å². The van der Waals surface area contributed by atoms with Crippen LogP contribution in [0.1, 0.15) is 5.56 Å². The fourth-order valence-corrected chi connectivity index (χ4v) is 0.867. The van der Waals surface area contributed by atoms with Gasteiger partial charge in [-0.05, 0) is 17.7 Å². The van der Waals surface area contributed by atoms with E-state index in [-0.39, 0.29) is 0 Å². The first-order valence-electron chi connectivity index (χ1n) is 2.80. The predicted molar refractivity (Wildman–Crippen MR) is 42.6 cm³/mol.